The molecule has 1 saturated carbocycles. The van der Waals surface area contributed by atoms with E-state index in [0.717, 1.165) is 5.92 Å². The Morgan fingerprint density at radius 2 is 2.12 bits per heavy atom. The normalized spacial score (nSPS) is 44.8. The van der Waals surface area contributed by atoms with E-state index in [-0.39, 0.29) is 0 Å². The Morgan fingerprint density at radius 3 is 2.94 bits per heavy atom. The van der Waals surface area contributed by atoms with Crippen LogP contribution in [0, 0.1) is 16.7 Å². The van der Waals surface area contributed by atoms with Crippen LogP contribution in [-0.2, 0) is 0 Å². The van der Waals surface area contributed by atoms with Gasteiger partial charge in [-0.1, -0.05) is 44.6 Å². The second kappa shape index (κ2) is 3.22. The second-order valence-electron chi connectivity index (χ2n) is 6.56. The smallest absolute Gasteiger partial charge is 0.0161 e. The molecule has 3 aliphatic rings. The minimum absolute atomic E-state index is 0.429. The summed E-state index contributed by atoms with van der Waals surface area (Å²) in [5, 5.41) is 3.73. The van der Waals surface area contributed by atoms with Gasteiger partial charge in [-0.05, 0) is 42.6 Å². The van der Waals surface area contributed by atoms with Crippen molar-refractivity contribution in [1.82, 2.24) is 5.32 Å². The largest absolute Gasteiger partial charge is 0.313 e. The van der Waals surface area contributed by atoms with E-state index in [4.69, 9.17) is 0 Å². The molecule has 2 fully saturated rings. The first-order valence-corrected chi connectivity index (χ1v) is 6.65. The van der Waals surface area contributed by atoms with Crippen molar-refractivity contribution in [2.75, 3.05) is 6.54 Å². The molecule has 88 valence electrons. The molecule has 1 N–H and O–H groups in total. The number of hydrogen-bond acceptors (Lipinski definition) is 1. The quantitative estimate of drug-likeness (QED) is 0.656. The number of fused-ring (bicyclic) bond motifs is 4. The fourth-order valence-corrected chi connectivity index (χ4v) is 4.22. The first-order valence-electron chi connectivity index (χ1n) is 6.65. The molecule has 1 nitrogen and oxygen atoms in total. The average molecular weight is 217 g/mol. The molecule has 1 saturated heterocycles. The Hall–Kier alpha value is -0.560. The van der Waals surface area contributed by atoms with Crippen LogP contribution in [-0.4, -0.2) is 12.6 Å². The van der Waals surface area contributed by atoms with Crippen molar-refractivity contribution in [3.05, 3.63) is 23.8 Å². The van der Waals surface area contributed by atoms with Gasteiger partial charge in [0.1, 0.15) is 0 Å². The van der Waals surface area contributed by atoms with Gasteiger partial charge in [-0.2, -0.15) is 0 Å². The van der Waals surface area contributed by atoms with Crippen LogP contribution in [0.2, 0.25) is 0 Å². The first kappa shape index (κ1) is 10.6. The molecule has 0 aromatic heterocycles. The van der Waals surface area contributed by atoms with E-state index in [0.29, 0.717) is 16.9 Å². The maximum atomic E-state index is 3.73. The van der Waals surface area contributed by atoms with E-state index >= 15 is 0 Å². The maximum Gasteiger partial charge on any atom is 0.0161 e. The summed E-state index contributed by atoms with van der Waals surface area (Å²) in [7, 11) is 0. The number of allylic oxidation sites excluding steroid dienone is 3. The van der Waals surface area contributed by atoms with Crippen LogP contribution < -0.4 is 5.32 Å². The van der Waals surface area contributed by atoms with Crippen molar-refractivity contribution in [2.45, 2.75) is 46.1 Å². The first-order chi connectivity index (χ1) is 7.56. The Labute approximate surface area is 99.0 Å². The van der Waals surface area contributed by atoms with Crippen LogP contribution >= 0.6 is 0 Å². The third-order valence-electron chi connectivity index (χ3n) is 5.85. The molecule has 0 aromatic rings. The summed E-state index contributed by atoms with van der Waals surface area (Å²) in [4.78, 5) is 0. The molecular formula is C15H23N. The van der Waals surface area contributed by atoms with Crippen molar-refractivity contribution >= 4 is 0 Å². The van der Waals surface area contributed by atoms with E-state index in [1.54, 1.807) is 5.57 Å². The summed E-state index contributed by atoms with van der Waals surface area (Å²) in [6.07, 6.45) is 10.8. The lowest BCUT2D eigenvalue weighted by Gasteiger charge is -2.61. The lowest BCUT2D eigenvalue weighted by atomic mass is 9.47. The molecule has 0 aromatic carbocycles. The Morgan fingerprint density at radius 1 is 1.31 bits per heavy atom. The summed E-state index contributed by atoms with van der Waals surface area (Å²) in [5.74, 6) is 0.797. The zero-order valence-electron chi connectivity index (χ0n) is 10.7. The van der Waals surface area contributed by atoms with Crippen molar-refractivity contribution in [3.63, 3.8) is 0 Å². The molecule has 3 rings (SSSR count). The van der Waals surface area contributed by atoms with Crippen LogP contribution in [0.5, 0.6) is 0 Å². The van der Waals surface area contributed by atoms with Gasteiger partial charge in [-0.25, -0.2) is 0 Å². The number of rotatable bonds is 0. The maximum absolute atomic E-state index is 3.73. The highest BCUT2D eigenvalue weighted by Crippen LogP contribution is 2.60. The SMILES string of the molecule is CC1(C)C2CC3=CC=CCC3C1(C)CCN2. The van der Waals surface area contributed by atoms with Crippen molar-refractivity contribution < 1.29 is 0 Å². The highest BCUT2D eigenvalue weighted by atomic mass is 15.0. The van der Waals surface area contributed by atoms with Crippen LogP contribution in [0.15, 0.2) is 23.8 Å². The van der Waals surface area contributed by atoms with Gasteiger partial charge >= 0.3 is 0 Å². The van der Waals surface area contributed by atoms with Crippen LogP contribution in [0.3, 0.4) is 0 Å². The van der Waals surface area contributed by atoms with E-state index in [2.05, 4.69) is 44.3 Å². The Kier molecular flexibility index (Phi) is 2.13. The summed E-state index contributed by atoms with van der Waals surface area (Å²) < 4.78 is 0. The third kappa shape index (κ3) is 1.15. The van der Waals surface area contributed by atoms with Gasteiger partial charge in [0.2, 0.25) is 0 Å². The summed E-state index contributed by atoms with van der Waals surface area (Å²) in [5.41, 5.74) is 2.61. The minimum atomic E-state index is 0.429. The molecule has 3 atom stereocenters. The van der Waals surface area contributed by atoms with Gasteiger partial charge in [0.15, 0.2) is 0 Å². The summed E-state index contributed by atoms with van der Waals surface area (Å²) in [6.45, 7) is 8.67. The zero-order chi connectivity index (χ0) is 11.4. The van der Waals surface area contributed by atoms with E-state index in [1.165, 1.54) is 25.8 Å². The molecule has 0 amide bonds. The number of piperidine rings is 1. The van der Waals surface area contributed by atoms with Crippen molar-refractivity contribution in [2.24, 2.45) is 16.7 Å². The predicted octanol–water partition coefficient (Wildman–Crippen LogP) is 3.29. The molecular weight excluding hydrogens is 194 g/mol. The standard InChI is InChI=1S/C15H23N/c1-14(2)13-10-11-6-4-5-7-12(11)15(14,3)8-9-16-13/h4-6,12-13,16H,7-10H2,1-3H3. The van der Waals surface area contributed by atoms with Gasteiger partial charge in [-0.3, -0.25) is 0 Å². The molecule has 2 aliphatic carbocycles. The highest BCUT2D eigenvalue weighted by molar-refractivity contribution is 5.30. The lowest BCUT2D eigenvalue weighted by Crippen LogP contribution is -2.63. The van der Waals surface area contributed by atoms with E-state index < -0.39 is 0 Å². The molecule has 3 unspecified atom stereocenters. The van der Waals surface area contributed by atoms with E-state index in [9.17, 15) is 0 Å². The summed E-state index contributed by atoms with van der Waals surface area (Å²) >= 11 is 0. The number of nitrogens with one attached hydrogen (secondary N) is 1. The molecule has 1 heteroatoms. The van der Waals surface area contributed by atoms with Crippen LogP contribution in [0.4, 0.5) is 0 Å². The predicted molar refractivity (Wildman–Crippen MR) is 68.2 cm³/mol. The minimum Gasteiger partial charge on any atom is -0.313 e. The zero-order valence-corrected chi connectivity index (χ0v) is 10.7. The fourth-order valence-electron chi connectivity index (χ4n) is 4.22. The van der Waals surface area contributed by atoms with Gasteiger partial charge in [-0.15, -0.1) is 0 Å². The molecule has 1 aliphatic heterocycles. The van der Waals surface area contributed by atoms with Gasteiger partial charge in [0.05, 0.1) is 0 Å². The molecule has 0 spiro atoms. The van der Waals surface area contributed by atoms with Gasteiger partial charge in [0, 0.05) is 6.04 Å². The van der Waals surface area contributed by atoms with Crippen LogP contribution in [0.1, 0.15) is 40.0 Å². The Balaban J connectivity index is 2.07. The average Bonchev–Trinajstić information content (AvgIpc) is 2.23. The Bertz CT molecular complexity index is 364. The summed E-state index contributed by atoms with van der Waals surface area (Å²) in [6, 6.07) is 0.681. The monoisotopic (exact) mass is 217 g/mol. The molecule has 2 bridgehead atoms. The molecule has 1 heterocycles. The van der Waals surface area contributed by atoms with Crippen molar-refractivity contribution in [3.8, 4) is 0 Å². The fraction of sp³-hybridized carbons (Fsp3) is 0.733. The van der Waals surface area contributed by atoms with Crippen LogP contribution in [0.25, 0.3) is 0 Å². The lowest BCUT2D eigenvalue weighted by molar-refractivity contribution is -0.0567. The topological polar surface area (TPSA) is 12.0 Å². The van der Waals surface area contributed by atoms with Gasteiger partial charge < -0.3 is 5.32 Å². The van der Waals surface area contributed by atoms with Crippen molar-refractivity contribution in [1.29, 1.82) is 0 Å². The highest BCUT2D eigenvalue weighted by Gasteiger charge is 2.56. The molecule has 0 radical (unpaired) electrons. The molecule has 16 heavy (non-hydrogen) atoms. The number of hydrogen-bond donors (Lipinski definition) is 1. The second-order valence-corrected chi connectivity index (χ2v) is 6.56. The van der Waals surface area contributed by atoms with E-state index in [1.807, 2.05) is 0 Å². The van der Waals surface area contributed by atoms with Gasteiger partial charge in [0.25, 0.3) is 0 Å². The third-order valence-corrected chi connectivity index (χ3v) is 5.85.